The molecule has 16 heavy (non-hydrogen) atoms. The van der Waals surface area contributed by atoms with Crippen LogP contribution in [0.1, 0.15) is 0 Å². The van der Waals surface area contributed by atoms with E-state index in [0.29, 0.717) is 13.1 Å². The molecule has 0 saturated carbocycles. The molecule has 0 saturated heterocycles. The van der Waals surface area contributed by atoms with Gasteiger partial charge in [-0.2, -0.15) is 0 Å². The maximum atomic E-state index is 10.4. The Hall–Kier alpha value is -1.89. The first kappa shape index (κ1) is 10.6. The van der Waals surface area contributed by atoms with Crippen molar-refractivity contribution in [2.45, 2.75) is 0 Å². The van der Waals surface area contributed by atoms with E-state index in [1.54, 1.807) is 11.3 Å². The molecular weight excluding hydrogens is 226 g/mol. The highest BCUT2D eigenvalue weighted by atomic mass is 32.1. The smallest absolute Gasteiger partial charge is 0.312 e. The van der Waals surface area contributed by atoms with Crippen molar-refractivity contribution in [3.05, 3.63) is 17.8 Å². The van der Waals surface area contributed by atoms with Gasteiger partial charge in [0, 0.05) is 13.1 Å². The fraction of sp³-hybridized carbons (Fsp3) is 0.222. The average molecular weight is 237 g/mol. The number of thiophene rings is 1. The third-order valence-electron chi connectivity index (χ3n) is 1.96. The molecular formula is C9H11N5OS. The van der Waals surface area contributed by atoms with Gasteiger partial charge in [0.25, 0.3) is 0 Å². The summed E-state index contributed by atoms with van der Waals surface area (Å²) in [5.41, 5.74) is 5.87. The van der Waals surface area contributed by atoms with Gasteiger partial charge in [-0.1, -0.05) is 0 Å². The average Bonchev–Trinajstić information content (AvgIpc) is 2.72. The molecule has 2 rings (SSSR count). The number of hydrogen-bond acceptors (Lipinski definition) is 5. The van der Waals surface area contributed by atoms with Crippen molar-refractivity contribution in [3.63, 3.8) is 0 Å². The summed E-state index contributed by atoms with van der Waals surface area (Å²) < 4.78 is 1.02. The highest BCUT2D eigenvalue weighted by molar-refractivity contribution is 7.17. The van der Waals surface area contributed by atoms with E-state index in [9.17, 15) is 4.79 Å². The first-order valence-corrected chi connectivity index (χ1v) is 5.61. The Morgan fingerprint density at radius 2 is 2.31 bits per heavy atom. The molecule has 2 heterocycles. The van der Waals surface area contributed by atoms with Gasteiger partial charge >= 0.3 is 6.03 Å². The lowest BCUT2D eigenvalue weighted by atomic mass is 10.4. The van der Waals surface area contributed by atoms with Crippen LogP contribution in [-0.2, 0) is 0 Å². The minimum atomic E-state index is -0.522. The highest BCUT2D eigenvalue weighted by Gasteiger charge is 2.03. The summed E-state index contributed by atoms with van der Waals surface area (Å²) in [6.07, 6.45) is 1.51. The number of fused-ring (bicyclic) bond motifs is 1. The Morgan fingerprint density at radius 3 is 3.12 bits per heavy atom. The Kier molecular flexibility index (Phi) is 3.16. The number of anilines is 1. The molecule has 2 aromatic rings. The molecule has 84 valence electrons. The topological polar surface area (TPSA) is 92.9 Å². The number of primary amides is 1. The highest BCUT2D eigenvalue weighted by Crippen LogP contribution is 2.24. The van der Waals surface area contributed by atoms with Crippen LogP contribution in [0.15, 0.2) is 17.8 Å². The number of amides is 2. The first-order chi connectivity index (χ1) is 7.77. The minimum absolute atomic E-state index is 0.464. The largest absolute Gasteiger partial charge is 0.367 e. The first-order valence-electron chi connectivity index (χ1n) is 4.73. The number of hydrogen-bond donors (Lipinski definition) is 3. The Bertz CT molecular complexity index is 497. The van der Waals surface area contributed by atoms with E-state index in [-0.39, 0.29) is 0 Å². The van der Waals surface area contributed by atoms with E-state index in [1.165, 1.54) is 6.33 Å². The summed E-state index contributed by atoms with van der Waals surface area (Å²) in [6, 6.07) is 1.42. The van der Waals surface area contributed by atoms with Gasteiger partial charge in [-0.05, 0) is 11.4 Å². The van der Waals surface area contributed by atoms with Gasteiger partial charge in [0.15, 0.2) is 0 Å². The van der Waals surface area contributed by atoms with E-state index >= 15 is 0 Å². The zero-order chi connectivity index (χ0) is 11.4. The summed E-state index contributed by atoms with van der Waals surface area (Å²) in [6.45, 7) is 1.04. The van der Waals surface area contributed by atoms with Gasteiger partial charge in [-0.15, -0.1) is 11.3 Å². The molecule has 0 atom stereocenters. The van der Waals surface area contributed by atoms with Crippen molar-refractivity contribution in [1.82, 2.24) is 15.3 Å². The number of nitrogens with two attached hydrogens (primary N) is 1. The second kappa shape index (κ2) is 4.75. The molecule has 4 N–H and O–H groups in total. The number of urea groups is 1. The van der Waals surface area contributed by atoms with Crippen LogP contribution in [0.2, 0.25) is 0 Å². The quantitative estimate of drug-likeness (QED) is 0.685. The molecule has 0 unspecified atom stereocenters. The molecule has 7 heteroatoms. The zero-order valence-corrected chi connectivity index (χ0v) is 9.25. The van der Waals surface area contributed by atoms with E-state index in [4.69, 9.17) is 5.73 Å². The molecule has 0 aliphatic rings. The minimum Gasteiger partial charge on any atom is -0.367 e. The number of carbonyl (C=O) groups excluding carboxylic acids is 1. The predicted octanol–water partition coefficient (Wildman–Crippen LogP) is 0.772. The molecule has 6 nitrogen and oxygen atoms in total. The van der Waals surface area contributed by atoms with Crippen LogP contribution in [0.4, 0.5) is 10.6 Å². The van der Waals surface area contributed by atoms with Gasteiger partial charge in [0.1, 0.15) is 12.1 Å². The number of nitrogens with one attached hydrogen (secondary N) is 2. The lowest BCUT2D eigenvalue weighted by molar-refractivity contribution is 0.249. The van der Waals surface area contributed by atoms with Crippen LogP contribution in [-0.4, -0.2) is 29.1 Å². The third-order valence-corrected chi connectivity index (χ3v) is 2.87. The standard InChI is InChI=1S/C9H11N5OS/c10-9(15)12-3-2-11-8-7-6(1-4-16-7)13-5-14-8/h1,4-5H,2-3H2,(H3,10,12,15)(H,11,13,14). The second-order valence-electron chi connectivity index (χ2n) is 3.08. The molecule has 2 aromatic heterocycles. The van der Waals surface area contributed by atoms with Crippen LogP contribution in [0.5, 0.6) is 0 Å². The van der Waals surface area contributed by atoms with Crippen LogP contribution >= 0.6 is 11.3 Å². The van der Waals surface area contributed by atoms with Crippen LogP contribution in [0, 0.1) is 0 Å². The third kappa shape index (κ3) is 2.37. The van der Waals surface area contributed by atoms with Gasteiger partial charge in [-0.25, -0.2) is 14.8 Å². The monoisotopic (exact) mass is 237 g/mol. The number of nitrogens with zero attached hydrogens (tertiary/aromatic N) is 2. The summed E-state index contributed by atoms with van der Waals surface area (Å²) in [4.78, 5) is 18.7. The summed E-state index contributed by atoms with van der Waals surface area (Å²) in [5, 5.41) is 7.58. The SMILES string of the molecule is NC(=O)NCCNc1ncnc2ccsc12. The Morgan fingerprint density at radius 1 is 1.44 bits per heavy atom. The van der Waals surface area contributed by atoms with Crippen molar-refractivity contribution in [1.29, 1.82) is 0 Å². The van der Waals surface area contributed by atoms with Crippen molar-refractivity contribution in [3.8, 4) is 0 Å². The molecule has 0 aromatic carbocycles. The van der Waals surface area contributed by atoms with Crippen LogP contribution in [0.25, 0.3) is 10.2 Å². The molecule has 2 amide bonds. The second-order valence-corrected chi connectivity index (χ2v) is 3.99. The predicted molar refractivity (Wildman–Crippen MR) is 63.5 cm³/mol. The van der Waals surface area contributed by atoms with E-state index in [0.717, 1.165) is 16.0 Å². The van der Waals surface area contributed by atoms with Gasteiger partial charge in [-0.3, -0.25) is 0 Å². The van der Waals surface area contributed by atoms with Crippen molar-refractivity contribution < 1.29 is 4.79 Å². The summed E-state index contributed by atoms with van der Waals surface area (Å²) in [7, 11) is 0. The van der Waals surface area contributed by atoms with Crippen molar-refractivity contribution in [2.24, 2.45) is 5.73 Å². The molecule has 0 aliphatic heterocycles. The Labute approximate surface area is 95.9 Å². The fourth-order valence-corrected chi connectivity index (χ4v) is 2.09. The van der Waals surface area contributed by atoms with E-state index in [2.05, 4.69) is 20.6 Å². The molecule has 0 aliphatic carbocycles. The van der Waals surface area contributed by atoms with Crippen molar-refractivity contribution in [2.75, 3.05) is 18.4 Å². The number of rotatable bonds is 4. The maximum Gasteiger partial charge on any atom is 0.312 e. The zero-order valence-electron chi connectivity index (χ0n) is 8.43. The molecule has 0 bridgehead atoms. The van der Waals surface area contributed by atoms with E-state index < -0.39 is 6.03 Å². The van der Waals surface area contributed by atoms with Crippen LogP contribution in [0.3, 0.4) is 0 Å². The van der Waals surface area contributed by atoms with Gasteiger partial charge in [0.05, 0.1) is 10.2 Å². The Balaban J connectivity index is 1.98. The van der Waals surface area contributed by atoms with Crippen LogP contribution < -0.4 is 16.4 Å². The van der Waals surface area contributed by atoms with Gasteiger partial charge in [0.2, 0.25) is 0 Å². The molecule has 0 fully saturated rings. The molecule has 0 spiro atoms. The summed E-state index contributed by atoms with van der Waals surface area (Å²) in [5.74, 6) is 0.784. The lowest BCUT2D eigenvalue weighted by Crippen LogP contribution is -2.33. The molecule has 0 radical (unpaired) electrons. The normalized spacial score (nSPS) is 10.2. The lowest BCUT2D eigenvalue weighted by Gasteiger charge is -2.05. The summed E-state index contributed by atoms with van der Waals surface area (Å²) >= 11 is 1.58. The van der Waals surface area contributed by atoms with Gasteiger partial charge < -0.3 is 16.4 Å². The van der Waals surface area contributed by atoms with E-state index in [1.807, 2.05) is 11.4 Å². The fourth-order valence-electron chi connectivity index (χ4n) is 1.28. The number of aromatic nitrogens is 2. The van der Waals surface area contributed by atoms with Crippen molar-refractivity contribution >= 4 is 33.4 Å². The maximum absolute atomic E-state index is 10.4. The number of carbonyl (C=O) groups is 1.